The Morgan fingerprint density at radius 3 is 2.23 bits per heavy atom. The second-order valence-corrected chi connectivity index (χ2v) is 9.20. The summed E-state index contributed by atoms with van der Waals surface area (Å²) in [4.78, 5) is 12.8. The zero-order chi connectivity index (χ0) is 21.6. The number of hydrogen-bond acceptors (Lipinski definition) is 5. The molecular weight excluding hydrogens is 404 g/mol. The van der Waals surface area contributed by atoms with Crippen molar-refractivity contribution < 1.29 is 22.7 Å². The summed E-state index contributed by atoms with van der Waals surface area (Å²) in [6.45, 7) is 1.12. The summed E-state index contributed by atoms with van der Waals surface area (Å²) < 4.78 is 37.5. The van der Waals surface area contributed by atoms with Crippen molar-refractivity contribution in [1.29, 1.82) is 0 Å². The van der Waals surface area contributed by atoms with Gasteiger partial charge in [0.2, 0.25) is 15.9 Å². The van der Waals surface area contributed by atoms with Crippen molar-refractivity contribution in [3.05, 3.63) is 54.1 Å². The lowest BCUT2D eigenvalue weighted by Crippen LogP contribution is -2.45. The number of amides is 1. The fraction of sp³-hybridized carbons (Fsp3) is 0.409. The number of ether oxygens (including phenoxy) is 2. The molecule has 30 heavy (non-hydrogen) atoms. The van der Waals surface area contributed by atoms with Gasteiger partial charge in [-0.25, -0.2) is 8.42 Å². The molecule has 2 aromatic carbocycles. The molecule has 0 saturated carbocycles. The number of piperidine rings is 1. The van der Waals surface area contributed by atoms with Crippen LogP contribution in [0.2, 0.25) is 0 Å². The quantitative estimate of drug-likeness (QED) is 0.693. The third-order valence-electron chi connectivity index (χ3n) is 5.32. The van der Waals surface area contributed by atoms with Crippen molar-refractivity contribution in [2.75, 3.05) is 33.9 Å². The van der Waals surface area contributed by atoms with Gasteiger partial charge in [-0.3, -0.25) is 4.79 Å². The van der Waals surface area contributed by atoms with Gasteiger partial charge in [-0.15, -0.1) is 0 Å². The summed E-state index contributed by atoms with van der Waals surface area (Å²) in [5.74, 6) is 0.950. The van der Waals surface area contributed by atoms with Crippen LogP contribution in [0.1, 0.15) is 18.4 Å². The number of nitrogens with zero attached hydrogens (tertiary/aromatic N) is 1. The predicted octanol–water partition coefficient (Wildman–Crippen LogP) is 2.46. The molecule has 0 aliphatic carbocycles. The summed E-state index contributed by atoms with van der Waals surface area (Å²) in [5, 5.41) is 2.95. The van der Waals surface area contributed by atoms with Crippen LogP contribution in [0.15, 0.2) is 53.4 Å². The predicted molar refractivity (Wildman–Crippen MR) is 114 cm³/mol. The van der Waals surface area contributed by atoms with E-state index >= 15 is 0 Å². The van der Waals surface area contributed by atoms with E-state index in [-0.39, 0.29) is 23.3 Å². The number of rotatable bonds is 8. The maximum Gasteiger partial charge on any atom is 0.243 e. The van der Waals surface area contributed by atoms with E-state index in [1.807, 2.05) is 24.3 Å². The van der Waals surface area contributed by atoms with E-state index < -0.39 is 10.0 Å². The van der Waals surface area contributed by atoms with Gasteiger partial charge in [-0.05, 0) is 61.2 Å². The zero-order valence-corrected chi connectivity index (χ0v) is 18.2. The number of carbonyl (C=O) groups is 1. The molecule has 1 saturated heterocycles. The Bertz CT molecular complexity index is 942. The highest BCUT2D eigenvalue weighted by molar-refractivity contribution is 7.89. The SMILES string of the molecule is COc1ccc(CCNC(=O)[C@@H]2CCCN(S(=O)(=O)c3ccc(OC)cc3)C2)cc1. The van der Waals surface area contributed by atoms with Crippen LogP contribution in [0.25, 0.3) is 0 Å². The standard InChI is InChI=1S/C22H28N2O5S/c1-28-19-7-5-17(6-8-19)13-14-23-22(25)18-4-3-15-24(16-18)30(26,27)21-11-9-20(29-2)10-12-21/h5-12,18H,3-4,13-16H2,1-2H3,(H,23,25)/t18-/m1/s1. The summed E-state index contributed by atoms with van der Waals surface area (Å²) in [5.41, 5.74) is 1.10. The fourth-order valence-electron chi connectivity index (χ4n) is 3.54. The largest absolute Gasteiger partial charge is 0.497 e. The van der Waals surface area contributed by atoms with E-state index in [0.717, 1.165) is 11.3 Å². The first kappa shape index (κ1) is 22.1. The highest BCUT2D eigenvalue weighted by Crippen LogP contribution is 2.25. The average Bonchev–Trinajstić information content (AvgIpc) is 2.79. The maximum absolute atomic E-state index is 12.9. The van der Waals surface area contributed by atoms with Gasteiger partial charge < -0.3 is 14.8 Å². The monoisotopic (exact) mass is 432 g/mol. The summed E-state index contributed by atoms with van der Waals surface area (Å²) in [6, 6.07) is 14.0. The molecule has 1 heterocycles. The molecule has 0 aromatic heterocycles. The summed E-state index contributed by atoms with van der Waals surface area (Å²) in [6.07, 6.45) is 2.05. The zero-order valence-electron chi connectivity index (χ0n) is 17.3. The Morgan fingerprint density at radius 1 is 1.03 bits per heavy atom. The van der Waals surface area contributed by atoms with Gasteiger partial charge in [0.25, 0.3) is 0 Å². The molecule has 1 fully saturated rings. The molecule has 2 aromatic rings. The normalized spacial score (nSPS) is 17.3. The van der Waals surface area contributed by atoms with Crippen LogP contribution in [0.5, 0.6) is 11.5 Å². The molecule has 3 rings (SSSR count). The van der Waals surface area contributed by atoms with Crippen molar-refractivity contribution in [1.82, 2.24) is 9.62 Å². The number of benzene rings is 2. The third-order valence-corrected chi connectivity index (χ3v) is 7.20. The Hall–Kier alpha value is -2.58. The van der Waals surface area contributed by atoms with Crippen LogP contribution in [0.4, 0.5) is 0 Å². The number of sulfonamides is 1. The molecule has 1 amide bonds. The smallest absolute Gasteiger partial charge is 0.243 e. The fourth-order valence-corrected chi connectivity index (χ4v) is 5.06. The lowest BCUT2D eigenvalue weighted by atomic mass is 9.99. The number of hydrogen-bond donors (Lipinski definition) is 1. The van der Waals surface area contributed by atoms with Crippen molar-refractivity contribution in [2.45, 2.75) is 24.2 Å². The van der Waals surface area contributed by atoms with Crippen LogP contribution in [0.3, 0.4) is 0 Å². The Balaban J connectivity index is 1.55. The first-order chi connectivity index (χ1) is 14.4. The molecule has 7 nitrogen and oxygen atoms in total. The summed E-state index contributed by atoms with van der Waals surface area (Å²) >= 11 is 0. The molecule has 1 atom stereocenters. The third kappa shape index (κ3) is 5.31. The van der Waals surface area contributed by atoms with E-state index in [2.05, 4.69) is 5.32 Å². The lowest BCUT2D eigenvalue weighted by Gasteiger charge is -2.31. The van der Waals surface area contributed by atoms with Crippen LogP contribution in [-0.4, -0.2) is 52.5 Å². The highest BCUT2D eigenvalue weighted by Gasteiger charge is 2.33. The van der Waals surface area contributed by atoms with Crippen molar-refractivity contribution in [2.24, 2.45) is 5.92 Å². The molecule has 0 unspecified atom stereocenters. The second kappa shape index (κ2) is 9.95. The maximum atomic E-state index is 12.9. The minimum atomic E-state index is -3.64. The van der Waals surface area contributed by atoms with Gasteiger partial charge in [-0.1, -0.05) is 12.1 Å². The molecule has 8 heteroatoms. The Kier molecular flexibility index (Phi) is 7.33. The van der Waals surface area contributed by atoms with Crippen molar-refractivity contribution >= 4 is 15.9 Å². The van der Waals surface area contributed by atoms with E-state index in [1.165, 1.54) is 23.5 Å². The van der Waals surface area contributed by atoms with Gasteiger partial charge in [0.05, 0.1) is 25.0 Å². The second-order valence-electron chi connectivity index (χ2n) is 7.27. The average molecular weight is 433 g/mol. The lowest BCUT2D eigenvalue weighted by molar-refractivity contribution is -0.126. The topological polar surface area (TPSA) is 84.9 Å². The molecule has 0 spiro atoms. The molecule has 0 radical (unpaired) electrons. The first-order valence-corrected chi connectivity index (χ1v) is 11.4. The van der Waals surface area contributed by atoms with Crippen LogP contribution >= 0.6 is 0 Å². The summed E-state index contributed by atoms with van der Waals surface area (Å²) in [7, 11) is -0.481. The first-order valence-electron chi connectivity index (χ1n) is 9.99. The highest BCUT2D eigenvalue weighted by atomic mass is 32.2. The van der Waals surface area contributed by atoms with Crippen LogP contribution in [0, 0.1) is 5.92 Å². The number of methoxy groups -OCH3 is 2. The van der Waals surface area contributed by atoms with Gasteiger partial charge in [-0.2, -0.15) is 4.31 Å². The molecule has 1 aliphatic heterocycles. The molecular formula is C22H28N2O5S. The molecule has 162 valence electrons. The van der Waals surface area contributed by atoms with Crippen LogP contribution in [-0.2, 0) is 21.2 Å². The van der Waals surface area contributed by atoms with E-state index in [4.69, 9.17) is 9.47 Å². The van der Waals surface area contributed by atoms with Crippen molar-refractivity contribution in [3.8, 4) is 11.5 Å². The molecule has 1 N–H and O–H groups in total. The number of nitrogens with one attached hydrogen (secondary N) is 1. The molecule has 0 bridgehead atoms. The van der Waals surface area contributed by atoms with Gasteiger partial charge >= 0.3 is 0 Å². The minimum absolute atomic E-state index is 0.0989. The Labute approximate surface area is 178 Å². The van der Waals surface area contributed by atoms with Gasteiger partial charge in [0.1, 0.15) is 11.5 Å². The van der Waals surface area contributed by atoms with E-state index in [9.17, 15) is 13.2 Å². The van der Waals surface area contributed by atoms with E-state index in [0.29, 0.717) is 38.1 Å². The van der Waals surface area contributed by atoms with E-state index in [1.54, 1.807) is 19.2 Å². The van der Waals surface area contributed by atoms with Gasteiger partial charge in [0.15, 0.2) is 0 Å². The molecule has 1 aliphatic rings. The van der Waals surface area contributed by atoms with Crippen LogP contribution < -0.4 is 14.8 Å². The van der Waals surface area contributed by atoms with Gasteiger partial charge in [0, 0.05) is 19.6 Å². The number of carbonyl (C=O) groups excluding carboxylic acids is 1. The Morgan fingerprint density at radius 2 is 1.63 bits per heavy atom. The van der Waals surface area contributed by atoms with Crippen molar-refractivity contribution in [3.63, 3.8) is 0 Å². The minimum Gasteiger partial charge on any atom is -0.497 e.